The van der Waals surface area contributed by atoms with Crippen molar-refractivity contribution in [3.05, 3.63) is 41.7 Å². The lowest BCUT2D eigenvalue weighted by Crippen LogP contribution is -2.38. The molecule has 0 saturated carbocycles. The topological polar surface area (TPSA) is 71.8 Å². The molecule has 2 heterocycles. The number of hydrogen-bond acceptors (Lipinski definition) is 4. The highest BCUT2D eigenvalue weighted by Crippen LogP contribution is 2.23. The fourth-order valence-corrected chi connectivity index (χ4v) is 2.33. The molecule has 1 amide bonds. The van der Waals surface area contributed by atoms with Crippen LogP contribution in [0.15, 0.2) is 30.6 Å². The largest absolute Gasteiger partial charge is 0.302 e. The zero-order valence-corrected chi connectivity index (χ0v) is 10.6. The molecule has 0 saturated heterocycles. The van der Waals surface area contributed by atoms with Gasteiger partial charge in [0.1, 0.15) is 12.4 Å². The highest BCUT2D eigenvalue weighted by Gasteiger charge is 2.26. The first-order chi connectivity index (χ1) is 9.25. The fourth-order valence-electron chi connectivity index (χ4n) is 2.33. The van der Waals surface area contributed by atoms with Gasteiger partial charge in [-0.3, -0.25) is 10.1 Å². The molecule has 2 aromatic rings. The van der Waals surface area contributed by atoms with E-state index in [0.717, 1.165) is 18.5 Å². The van der Waals surface area contributed by atoms with Gasteiger partial charge in [0.05, 0.1) is 0 Å². The summed E-state index contributed by atoms with van der Waals surface area (Å²) >= 11 is 0. The monoisotopic (exact) mass is 257 g/mol. The van der Waals surface area contributed by atoms with E-state index >= 15 is 0 Å². The number of aromatic nitrogens is 3. The number of anilines is 1. The van der Waals surface area contributed by atoms with Gasteiger partial charge >= 0.3 is 0 Å². The molecule has 19 heavy (non-hydrogen) atoms. The zero-order valence-electron chi connectivity index (χ0n) is 10.6. The van der Waals surface area contributed by atoms with Crippen molar-refractivity contribution in [2.75, 3.05) is 11.9 Å². The molecular weight excluding hydrogens is 242 g/mol. The second-order valence-electron chi connectivity index (χ2n) is 4.53. The van der Waals surface area contributed by atoms with E-state index in [1.54, 1.807) is 7.05 Å². The molecule has 1 aliphatic heterocycles. The minimum atomic E-state index is -0.332. The third-order valence-corrected chi connectivity index (χ3v) is 3.32. The first-order valence-electron chi connectivity index (χ1n) is 6.22. The summed E-state index contributed by atoms with van der Waals surface area (Å²) in [7, 11) is 1.74. The van der Waals surface area contributed by atoms with E-state index in [-0.39, 0.29) is 11.9 Å². The Balaban J connectivity index is 1.84. The maximum atomic E-state index is 12.3. The Morgan fingerprint density at radius 2 is 2.32 bits per heavy atom. The summed E-state index contributed by atoms with van der Waals surface area (Å²) in [6.07, 6.45) is 2.36. The molecule has 6 nitrogen and oxygen atoms in total. The van der Waals surface area contributed by atoms with Crippen LogP contribution in [0.4, 0.5) is 5.95 Å². The molecule has 0 bridgehead atoms. The molecule has 0 aliphatic carbocycles. The van der Waals surface area contributed by atoms with E-state index in [9.17, 15) is 4.79 Å². The predicted molar refractivity (Wildman–Crippen MR) is 70.5 cm³/mol. The summed E-state index contributed by atoms with van der Waals surface area (Å²) in [4.78, 5) is 16.3. The molecule has 1 aromatic carbocycles. The summed E-state index contributed by atoms with van der Waals surface area (Å²) < 4.78 is 1.53. The first kappa shape index (κ1) is 11.9. The van der Waals surface area contributed by atoms with E-state index in [0.29, 0.717) is 5.95 Å². The average molecular weight is 257 g/mol. The van der Waals surface area contributed by atoms with Crippen molar-refractivity contribution in [1.29, 1.82) is 0 Å². The van der Waals surface area contributed by atoms with Crippen LogP contribution in [0, 0.1) is 0 Å². The van der Waals surface area contributed by atoms with Crippen molar-refractivity contribution >= 4 is 11.9 Å². The van der Waals surface area contributed by atoms with Crippen LogP contribution in [0.3, 0.4) is 0 Å². The minimum Gasteiger partial charge on any atom is -0.302 e. The first-order valence-corrected chi connectivity index (χ1v) is 6.22. The number of aryl methyl sites for hydroxylation is 1. The standard InChI is InChI=1S/C13H15N5O/c1-18-13(15-8-16-18)17-12(19)11-10-5-3-2-4-9(10)6-7-14-11/h2-5,8,11,14H,6-7H2,1H3,(H,15,16,17,19). The maximum absolute atomic E-state index is 12.3. The minimum absolute atomic E-state index is 0.108. The summed E-state index contributed by atoms with van der Waals surface area (Å²) in [5.74, 6) is 0.345. The van der Waals surface area contributed by atoms with Crippen LogP contribution in [-0.4, -0.2) is 27.2 Å². The van der Waals surface area contributed by atoms with Crippen molar-refractivity contribution in [2.24, 2.45) is 7.05 Å². The third kappa shape index (κ3) is 2.22. The Labute approximate surface area is 110 Å². The van der Waals surface area contributed by atoms with Crippen LogP contribution < -0.4 is 10.6 Å². The molecule has 1 unspecified atom stereocenters. The SMILES string of the molecule is Cn1ncnc1NC(=O)C1NCCc2ccccc21. The third-order valence-electron chi connectivity index (χ3n) is 3.32. The average Bonchev–Trinajstić information content (AvgIpc) is 2.83. The van der Waals surface area contributed by atoms with Gasteiger partial charge in [-0.05, 0) is 17.5 Å². The van der Waals surface area contributed by atoms with Crippen LogP contribution in [-0.2, 0) is 18.3 Å². The molecule has 2 N–H and O–H groups in total. The fraction of sp³-hybridized carbons (Fsp3) is 0.308. The van der Waals surface area contributed by atoms with Gasteiger partial charge < -0.3 is 5.32 Å². The van der Waals surface area contributed by atoms with Gasteiger partial charge in [0.25, 0.3) is 0 Å². The van der Waals surface area contributed by atoms with Crippen LogP contribution in [0.25, 0.3) is 0 Å². The van der Waals surface area contributed by atoms with Crippen molar-refractivity contribution in [3.8, 4) is 0 Å². The molecule has 1 atom stereocenters. The van der Waals surface area contributed by atoms with Crippen LogP contribution in [0.1, 0.15) is 17.2 Å². The number of carbonyl (C=O) groups is 1. The van der Waals surface area contributed by atoms with E-state index in [1.165, 1.54) is 16.6 Å². The second-order valence-corrected chi connectivity index (χ2v) is 4.53. The molecule has 1 aromatic heterocycles. The highest BCUT2D eigenvalue weighted by atomic mass is 16.2. The van der Waals surface area contributed by atoms with Crippen molar-refractivity contribution < 1.29 is 4.79 Å². The van der Waals surface area contributed by atoms with Crippen LogP contribution in [0.2, 0.25) is 0 Å². The number of fused-ring (bicyclic) bond motifs is 1. The van der Waals surface area contributed by atoms with Crippen LogP contribution >= 0.6 is 0 Å². The van der Waals surface area contributed by atoms with Gasteiger partial charge in [-0.15, -0.1) is 0 Å². The smallest absolute Gasteiger partial charge is 0.248 e. The number of carbonyl (C=O) groups excluding carboxylic acids is 1. The molecule has 0 radical (unpaired) electrons. The molecule has 0 fully saturated rings. The Hall–Kier alpha value is -2.21. The lowest BCUT2D eigenvalue weighted by molar-refractivity contribution is -0.118. The lowest BCUT2D eigenvalue weighted by atomic mass is 9.94. The lowest BCUT2D eigenvalue weighted by Gasteiger charge is -2.25. The van der Waals surface area contributed by atoms with Crippen molar-refractivity contribution in [1.82, 2.24) is 20.1 Å². The Morgan fingerprint density at radius 1 is 1.47 bits per heavy atom. The zero-order chi connectivity index (χ0) is 13.2. The Bertz CT molecular complexity index is 607. The summed E-state index contributed by atoms with van der Waals surface area (Å²) in [6, 6.07) is 7.68. The number of hydrogen-bond donors (Lipinski definition) is 2. The number of benzene rings is 1. The van der Waals surface area contributed by atoms with E-state index in [2.05, 4.69) is 26.8 Å². The quantitative estimate of drug-likeness (QED) is 0.828. The van der Waals surface area contributed by atoms with Gasteiger partial charge in [-0.25, -0.2) is 4.68 Å². The maximum Gasteiger partial charge on any atom is 0.248 e. The van der Waals surface area contributed by atoms with Gasteiger partial charge in [0, 0.05) is 13.6 Å². The number of rotatable bonds is 2. The van der Waals surface area contributed by atoms with Crippen LogP contribution in [0.5, 0.6) is 0 Å². The number of nitrogens with one attached hydrogen (secondary N) is 2. The number of nitrogens with zero attached hydrogens (tertiary/aromatic N) is 3. The van der Waals surface area contributed by atoms with Crippen molar-refractivity contribution in [2.45, 2.75) is 12.5 Å². The summed E-state index contributed by atoms with van der Waals surface area (Å²) in [6.45, 7) is 0.800. The Kier molecular flexibility index (Phi) is 3.00. The molecular formula is C13H15N5O. The summed E-state index contributed by atoms with van der Waals surface area (Å²) in [5.41, 5.74) is 2.26. The van der Waals surface area contributed by atoms with Gasteiger partial charge in [0.2, 0.25) is 11.9 Å². The molecule has 1 aliphatic rings. The Morgan fingerprint density at radius 3 is 3.11 bits per heavy atom. The predicted octanol–water partition coefficient (Wildman–Crippen LogP) is 0.641. The normalized spacial score (nSPS) is 17.8. The van der Waals surface area contributed by atoms with E-state index in [1.807, 2.05) is 18.2 Å². The number of amides is 1. The van der Waals surface area contributed by atoms with E-state index < -0.39 is 0 Å². The van der Waals surface area contributed by atoms with Gasteiger partial charge in [0.15, 0.2) is 0 Å². The molecule has 0 spiro atoms. The summed E-state index contributed by atoms with van der Waals surface area (Å²) in [5, 5.41) is 9.96. The second kappa shape index (κ2) is 4.81. The van der Waals surface area contributed by atoms with Gasteiger partial charge in [-0.2, -0.15) is 10.1 Å². The van der Waals surface area contributed by atoms with Gasteiger partial charge in [-0.1, -0.05) is 24.3 Å². The molecule has 3 rings (SSSR count). The van der Waals surface area contributed by atoms with E-state index in [4.69, 9.17) is 0 Å². The molecule has 6 heteroatoms. The highest BCUT2D eigenvalue weighted by molar-refractivity contribution is 5.94. The van der Waals surface area contributed by atoms with Crippen molar-refractivity contribution in [3.63, 3.8) is 0 Å². The molecule has 98 valence electrons.